The van der Waals surface area contributed by atoms with Crippen LogP contribution in [0.5, 0.6) is 0 Å². The molecule has 150 valence electrons. The first-order chi connectivity index (χ1) is 14.0. The van der Waals surface area contributed by atoms with E-state index in [-0.39, 0.29) is 11.9 Å². The quantitative estimate of drug-likeness (QED) is 0.673. The van der Waals surface area contributed by atoms with Crippen LogP contribution in [0.1, 0.15) is 36.0 Å². The van der Waals surface area contributed by atoms with Crippen LogP contribution >= 0.6 is 11.6 Å². The molecule has 1 amide bonds. The van der Waals surface area contributed by atoms with Gasteiger partial charge in [0, 0.05) is 30.6 Å². The van der Waals surface area contributed by atoms with E-state index in [1.807, 2.05) is 43.4 Å². The molecule has 0 radical (unpaired) electrons. The van der Waals surface area contributed by atoms with E-state index in [9.17, 15) is 4.79 Å². The third-order valence-electron chi connectivity index (χ3n) is 6.88. The van der Waals surface area contributed by atoms with Crippen LogP contribution in [0.2, 0.25) is 5.02 Å². The van der Waals surface area contributed by atoms with Gasteiger partial charge in [-0.15, -0.1) is 0 Å². The van der Waals surface area contributed by atoms with Crippen LogP contribution < -0.4 is 5.32 Å². The van der Waals surface area contributed by atoms with Gasteiger partial charge in [-0.3, -0.25) is 4.79 Å². The molecule has 0 saturated carbocycles. The molecule has 3 aromatic rings. The zero-order valence-electron chi connectivity index (χ0n) is 16.9. The number of carbonyl (C=O) groups excluding carboxylic acids is 1. The average molecular weight is 408 g/mol. The number of nitrogens with zero attached hydrogens (tertiary/aromatic N) is 2. The van der Waals surface area contributed by atoms with Crippen LogP contribution in [-0.2, 0) is 7.05 Å². The van der Waals surface area contributed by atoms with Crippen molar-refractivity contribution >= 4 is 28.4 Å². The second kappa shape index (κ2) is 7.19. The monoisotopic (exact) mass is 407 g/mol. The second-order valence-electron chi connectivity index (χ2n) is 8.47. The van der Waals surface area contributed by atoms with E-state index in [0.717, 1.165) is 35.0 Å². The Balaban J connectivity index is 1.58. The zero-order valence-corrected chi connectivity index (χ0v) is 17.6. The minimum atomic E-state index is -0.0171. The summed E-state index contributed by atoms with van der Waals surface area (Å²) >= 11 is 6.60. The number of aryl methyl sites for hydroxylation is 1. The summed E-state index contributed by atoms with van der Waals surface area (Å²) in [4.78, 5) is 16.1. The molecule has 2 aromatic carbocycles. The molecule has 4 nitrogen and oxygen atoms in total. The van der Waals surface area contributed by atoms with Crippen molar-refractivity contribution in [1.82, 2.24) is 14.8 Å². The number of piperidine rings is 1. The van der Waals surface area contributed by atoms with E-state index in [2.05, 4.69) is 34.0 Å². The Bertz CT molecular complexity index is 1060. The summed E-state index contributed by atoms with van der Waals surface area (Å²) < 4.78 is 2.09. The minimum Gasteiger partial charge on any atom is -0.349 e. The fraction of sp³-hybridized carbons (Fsp3) is 0.375. The highest BCUT2D eigenvalue weighted by atomic mass is 35.5. The lowest BCUT2D eigenvalue weighted by atomic mass is 9.97. The van der Waals surface area contributed by atoms with Gasteiger partial charge in [0.25, 0.3) is 5.91 Å². The van der Waals surface area contributed by atoms with Gasteiger partial charge in [0.1, 0.15) is 0 Å². The van der Waals surface area contributed by atoms with E-state index in [4.69, 9.17) is 11.6 Å². The molecule has 5 heteroatoms. The molecule has 1 N–H and O–H groups in total. The van der Waals surface area contributed by atoms with Crippen molar-refractivity contribution in [3.8, 4) is 11.3 Å². The molecule has 29 heavy (non-hydrogen) atoms. The minimum absolute atomic E-state index is 0.0171. The molecule has 3 atom stereocenters. The van der Waals surface area contributed by atoms with Gasteiger partial charge in [0.2, 0.25) is 0 Å². The maximum Gasteiger partial charge on any atom is 0.254 e. The van der Waals surface area contributed by atoms with E-state index < -0.39 is 0 Å². The molecule has 3 heterocycles. The van der Waals surface area contributed by atoms with Crippen LogP contribution in [0, 0.1) is 0 Å². The van der Waals surface area contributed by atoms with Crippen molar-refractivity contribution in [2.45, 2.75) is 43.8 Å². The second-order valence-corrected chi connectivity index (χ2v) is 8.88. The Hall–Kier alpha value is -2.30. The molecule has 2 aliphatic heterocycles. The SMILES string of the molecule is CN1[C@@H]2CC[C@H]1CC(NC(=O)c1c(-c3ccccc3)n(C)c3cccc(Cl)c13)C2. The van der Waals surface area contributed by atoms with Gasteiger partial charge < -0.3 is 14.8 Å². The van der Waals surface area contributed by atoms with Crippen LogP contribution in [0.15, 0.2) is 48.5 Å². The predicted octanol–water partition coefficient (Wildman–Crippen LogP) is 4.85. The number of hydrogen-bond donors (Lipinski definition) is 1. The Labute approximate surface area is 176 Å². The fourth-order valence-electron chi connectivity index (χ4n) is 5.39. The molecule has 2 aliphatic rings. The standard InChI is InChI=1S/C24H26ClN3O/c1-27-17-11-12-18(27)14-16(13-17)26-24(29)22-21-19(25)9-6-10-20(21)28(2)23(22)15-7-4-3-5-8-15/h3-10,16-18H,11-14H2,1-2H3,(H,26,29)/t16?,17-,18+. The van der Waals surface area contributed by atoms with Crippen LogP contribution in [-0.4, -0.2) is 40.5 Å². The molecule has 2 saturated heterocycles. The summed E-state index contributed by atoms with van der Waals surface area (Å²) in [7, 11) is 4.23. The van der Waals surface area contributed by atoms with Crippen LogP contribution in [0.3, 0.4) is 0 Å². The highest BCUT2D eigenvalue weighted by molar-refractivity contribution is 6.37. The maximum atomic E-state index is 13.6. The number of aromatic nitrogens is 1. The Morgan fingerprint density at radius 2 is 1.69 bits per heavy atom. The lowest BCUT2D eigenvalue weighted by Crippen LogP contribution is -2.48. The summed E-state index contributed by atoms with van der Waals surface area (Å²) in [6.07, 6.45) is 4.53. The topological polar surface area (TPSA) is 37.3 Å². The van der Waals surface area contributed by atoms with Gasteiger partial charge in [0.15, 0.2) is 0 Å². The summed E-state index contributed by atoms with van der Waals surface area (Å²) in [5.74, 6) is -0.0171. The molecule has 1 unspecified atom stereocenters. The summed E-state index contributed by atoms with van der Waals surface area (Å²) in [5, 5.41) is 4.82. The number of carbonyl (C=O) groups is 1. The van der Waals surface area contributed by atoms with Crippen molar-refractivity contribution in [3.63, 3.8) is 0 Å². The highest BCUT2D eigenvalue weighted by Gasteiger charge is 2.39. The van der Waals surface area contributed by atoms with Crippen molar-refractivity contribution < 1.29 is 4.79 Å². The number of amides is 1. The largest absolute Gasteiger partial charge is 0.349 e. The first-order valence-electron chi connectivity index (χ1n) is 10.4. The smallest absolute Gasteiger partial charge is 0.254 e. The number of hydrogen-bond acceptors (Lipinski definition) is 2. The number of halogens is 1. The molecule has 0 aliphatic carbocycles. The van der Waals surface area contributed by atoms with Gasteiger partial charge in [-0.2, -0.15) is 0 Å². The third kappa shape index (κ3) is 3.06. The fourth-order valence-corrected chi connectivity index (χ4v) is 5.65. The number of rotatable bonds is 3. The molecule has 2 fully saturated rings. The van der Waals surface area contributed by atoms with Crippen molar-refractivity contribution in [3.05, 3.63) is 59.1 Å². The van der Waals surface area contributed by atoms with Gasteiger partial charge in [-0.05, 0) is 50.4 Å². The van der Waals surface area contributed by atoms with Gasteiger partial charge in [-0.1, -0.05) is 48.0 Å². The first kappa shape index (κ1) is 18.7. The molecule has 1 aromatic heterocycles. The normalized spacial score (nSPS) is 24.2. The Morgan fingerprint density at radius 1 is 1.00 bits per heavy atom. The number of fused-ring (bicyclic) bond motifs is 3. The Kier molecular flexibility index (Phi) is 4.64. The first-order valence-corrected chi connectivity index (χ1v) is 10.8. The lowest BCUT2D eigenvalue weighted by molar-refractivity contribution is 0.0884. The van der Waals surface area contributed by atoms with Crippen molar-refractivity contribution in [1.29, 1.82) is 0 Å². The van der Waals surface area contributed by atoms with Crippen molar-refractivity contribution in [2.24, 2.45) is 7.05 Å². The summed E-state index contributed by atoms with van der Waals surface area (Å²) in [6.45, 7) is 0. The van der Waals surface area contributed by atoms with Gasteiger partial charge in [-0.25, -0.2) is 0 Å². The average Bonchev–Trinajstić information content (AvgIpc) is 3.11. The summed E-state index contributed by atoms with van der Waals surface area (Å²) in [5.41, 5.74) is 3.61. The predicted molar refractivity (Wildman–Crippen MR) is 118 cm³/mol. The molecular weight excluding hydrogens is 382 g/mol. The van der Waals surface area contributed by atoms with E-state index in [0.29, 0.717) is 22.7 Å². The van der Waals surface area contributed by atoms with E-state index >= 15 is 0 Å². The van der Waals surface area contributed by atoms with Crippen LogP contribution in [0.25, 0.3) is 22.2 Å². The molecule has 5 rings (SSSR count). The maximum absolute atomic E-state index is 13.6. The van der Waals surface area contributed by atoms with E-state index in [1.165, 1.54) is 12.8 Å². The number of benzene rings is 2. The van der Waals surface area contributed by atoms with Gasteiger partial charge >= 0.3 is 0 Å². The lowest BCUT2D eigenvalue weighted by Gasteiger charge is -2.36. The zero-order chi connectivity index (χ0) is 20.1. The summed E-state index contributed by atoms with van der Waals surface area (Å²) in [6, 6.07) is 17.3. The Morgan fingerprint density at radius 3 is 2.38 bits per heavy atom. The molecular formula is C24H26ClN3O. The highest BCUT2D eigenvalue weighted by Crippen LogP contribution is 2.38. The van der Waals surface area contributed by atoms with Crippen molar-refractivity contribution in [2.75, 3.05) is 7.05 Å². The molecule has 0 spiro atoms. The third-order valence-corrected chi connectivity index (χ3v) is 7.20. The van der Waals surface area contributed by atoms with E-state index in [1.54, 1.807) is 0 Å². The molecule has 2 bridgehead atoms. The number of nitrogens with one attached hydrogen (secondary N) is 1. The van der Waals surface area contributed by atoms with Gasteiger partial charge in [0.05, 0.1) is 21.8 Å². The van der Waals surface area contributed by atoms with Crippen LogP contribution in [0.4, 0.5) is 0 Å².